The highest BCUT2D eigenvalue weighted by atomic mass is 16.2. The van der Waals surface area contributed by atoms with Crippen LogP contribution in [0, 0.1) is 23.2 Å². The van der Waals surface area contributed by atoms with Gasteiger partial charge in [0.15, 0.2) is 17.3 Å². The number of ketones is 3. The molecule has 3 heteroatoms. The van der Waals surface area contributed by atoms with Gasteiger partial charge in [-0.15, -0.1) is 0 Å². The molecule has 0 amide bonds. The summed E-state index contributed by atoms with van der Waals surface area (Å²) in [5.74, 6) is 0.0562. The van der Waals surface area contributed by atoms with Crippen LogP contribution in [0.2, 0.25) is 0 Å². The molecule has 0 fully saturated rings. The molecule has 0 spiro atoms. The summed E-state index contributed by atoms with van der Waals surface area (Å²) in [6.07, 6.45) is 2.21. The minimum Gasteiger partial charge on any atom is -0.294 e. The van der Waals surface area contributed by atoms with E-state index in [4.69, 9.17) is 0 Å². The summed E-state index contributed by atoms with van der Waals surface area (Å²) in [5, 5.41) is 0. The standard InChI is InChI=1S/C35H40O3/c1-19(2)25-15-26(24-13-11-10-12-14-24)21(4)29-27(25)17-33(7)18-34(8)16-20(3)28(23(6)36)32(38)35(34,9)22(5)30(33)31(29)37/h10-15,19H,16-18H2,1-9H3. The Labute approximate surface area is 227 Å². The SMILES string of the molecule is CC(=O)C1=C(C)CC2(C)CC3(C)Cc4c(C(C)C)cc(-c5ccccc5)c(C)c4C(=O)C3=C(C)C2(C)C1=O. The van der Waals surface area contributed by atoms with Crippen LogP contribution in [-0.4, -0.2) is 17.3 Å². The highest BCUT2D eigenvalue weighted by molar-refractivity contribution is 6.24. The van der Waals surface area contributed by atoms with Crippen molar-refractivity contribution in [1.29, 1.82) is 0 Å². The maximum absolute atomic E-state index is 14.7. The van der Waals surface area contributed by atoms with Crippen LogP contribution in [0.1, 0.15) is 101 Å². The Morgan fingerprint density at radius 2 is 1.58 bits per heavy atom. The minimum absolute atomic E-state index is 0.0650. The number of carbonyl (C=O) groups excluding carboxylic acids is 3. The quantitative estimate of drug-likeness (QED) is 0.393. The number of hydrogen-bond donors (Lipinski definition) is 0. The topological polar surface area (TPSA) is 51.2 Å². The van der Waals surface area contributed by atoms with Crippen molar-refractivity contribution >= 4 is 17.3 Å². The molecule has 38 heavy (non-hydrogen) atoms. The lowest BCUT2D eigenvalue weighted by atomic mass is 9.42. The van der Waals surface area contributed by atoms with Gasteiger partial charge in [-0.05, 0) is 93.0 Å². The first kappa shape index (κ1) is 26.5. The number of benzene rings is 2. The fraction of sp³-hybridized carbons (Fsp3) is 0.457. The molecule has 0 heterocycles. The number of hydrogen-bond acceptors (Lipinski definition) is 3. The molecule has 2 aromatic rings. The van der Waals surface area contributed by atoms with Gasteiger partial charge in [-0.3, -0.25) is 14.4 Å². The Morgan fingerprint density at radius 1 is 0.947 bits per heavy atom. The van der Waals surface area contributed by atoms with Gasteiger partial charge in [-0.2, -0.15) is 0 Å². The van der Waals surface area contributed by atoms with E-state index in [0.717, 1.165) is 51.8 Å². The molecular weight excluding hydrogens is 468 g/mol. The van der Waals surface area contributed by atoms with Gasteiger partial charge >= 0.3 is 0 Å². The molecule has 3 atom stereocenters. The lowest BCUT2D eigenvalue weighted by Crippen LogP contribution is -2.57. The third kappa shape index (κ3) is 3.36. The van der Waals surface area contributed by atoms with Crippen LogP contribution in [0.5, 0.6) is 0 Å². The van der Waals surface area contributed by atoms with Crippen molar-refractivity contribution in [2.45, 2.75) is 87.5 Å². The van der Waals surface area contributed by atoms with Gasteiger partial charge < -0.3 is 0 Å². The Kier molecular flexibility index (Phi) is 5.91. The molecule has 5 rings (SSSR count). The third-order valence-electron chi connectivity index (χ3n) is 10.3. The lowest BCUT2D eigenvalue weighted by Gasteiger charge is -2.59. The van der Waals surface area contributed by atoms with Gasteiger partial charge in [0.25, 0.3) is 0 Å². The number of rotatable bonds is 3. The molecule has 3 aliphatic carbocycles. The first-order chi connectivity index (χ1) is 17.7. The molecule has 0 radical (unpaired) electrons. The number of carbonyl (C=O) groups is 3. The van der Waals surface area contributed by atoms with Gasteiger partial charge in [-0.25, -0.2) is 0 Å². The first-order valence-corrected chi connectivity index (χ1v) is 13.9. The molecule has 3 unspecified atom stereocenters. The smallest absolute Gasteiger partial charge is 0.190 e. The summed E-state index contributed by atoms with van der Waals surface area (Å²) in [6.45, 7) is 18.3. The van der Waals surface area contributed by atoms with Gasteiger partial charge in [0.1, 0.15) is 0 Å². The van der Waals surface area contributed by atoms with Crippen LogP contribution in [-0.2, 0) is 16.0 Å². The summed E-state index contributed by atoms with van der Waals surface area (Å²) in [7, 11) is 0. The van der Waals surface area contributed by atoms with Gasteiger partial charge in [-0.1, -0.05) is 75.2 Å². The second kappa shape index (κ2) is 8.46. The molecule has 0 saturated carbocycles. The summed E-state index contributed by atoms with van der Waals surface area (Å²) >= 11 is 0. The highest BCUT2D eigenvalue weighted by Gasteiger charge is 2.63. The van der Waals surface area contributed by atoms with Crippen molar-refractivity contribution in [1.82, 2.24) is 0 Å². The fourth-order valence-electron chi connectivity index (χ4n) is 8.44. The summed E-state index contributed by atoms with van der Waals surface area (Å²) in [5.41, 5.74) is 7.69. The summed E-state index contributed by atoms with van der Waals surface area (Å²) < 4.78 is 0. The van der Waals surface area contributed by atoms with Gasteiger partial charge in [0.05, 0.1) is 11.0 Å². The lowest BCUT2D eigenvalue weighted by molar-refractivity contribution is -0.134. The summed E-state index contributed by atoms with van der Waals surface area (Å²) in [6, 6.07) is 12.6. The van der Waals surface area contributed by atoms with E-state index < -0.39 is 5.41 Å². The zero-order valence-electron chi connectivity index (χ0n) is 24.4. The van der Waals surface area contributed by atoms with Crippen molar-refractivity contribution < 1.29 is 14.4 Å². The van der Waals surface area contributed by atoms with Crippen LogP contribution in [0.4, 0.5) is 0 Å². The fourth-order valence-corrected chi connectivity index (χ4v) is 8.44. The van der Waals surface area contributed by atoms with E-state index in [0.29, 0.717) is 12.0 Å². The zero-order chi connectivity index (χ0) is 27.9. The van der Waals surface area contributed by atoms with E-state index >= 15 is 0 Å². The van der Waals surface area contributed by atoms with Gasteiger partial charge in [0, 0.05) is 16.6 Å². The van der Waals surface area contributed by atoms with Crippen LogP contribution >= 0.6 is 0 Å². The molecule has 0 bridgehead atoms. The molecule has 0 saturated heterocycles. The van der Waals surface area contributed by atoms with Crippen molar-refractivity contribution in [3.8, 4) is 11.1 Å². The predicted molar refractivity (Wildman–Crippen MR) is 153 cm³/mol. The number of fused-ring (bicyclic) bond motifs is 3. The van der Waals surface area contributed by atoms with Crippen LogP contribution in [0.15, 0.2) is 58.7 Å². The second-order valence-corrected chi connectivity index (χ2v) is 13.2. The second-order valence-electron chi connectivity index (χ2n) is 13.2. The Hall–Kier alpha value is -3.07. The zero-order valence-corrected chi connectivity index (χ0v) is 24.4. The summed E-state index contributed by atoms with van der Waals surface area (Å²) in [4.78, 5) is 41.4. The Morgan fingerprint density at radius 3 is 2.16 bits per heavy atom. The van der Waals surface area contributed by atoms with E-state index in [1.807, 2.05) is 39.0 Å². The van der Waals surface area contributed by atoms with Crippen molar-refractivity contribution in [2.24, 2.45) is 16.2 Å². The monoisotopic (exact) mass is 508 g/mol. The molecule has 198 valence electrons. The molecular formula is C35H40O3. The van der Waals surface area contributed by atoms with E-state index in [-0.39, 0.29) is 34.1 Å². The third-order valence-corrected chi connectivity index (χ3v) is 10.3. The van der Waals surface area contributed by atoms with E-state index in [1.165, 1.54) is 18.1 Å². The predicted octanol–water partition coefficient (Wildman–Crippen LogP) is 8.14. The van der Waals surface area contributed by atoms with Crippen LogP contribution < -0.4 is 0 Å². The van der Waals surface area contributed by atoms with E-state index in [2.05, 4.69) is 52.8 Å². The van der Waals surface area contributed by atoms with E-state index in [9.17, 15) is 14.4 Å². The molecule has 0 N–H and O–H groups in total. The van der Waals surface area contributed by atoms with E-state index in [1.54, 1.807) is 0 Å². The van der Waals surface area contributed by atoms with Crippen LogP contribution in [0.25, 0.3) is 11.1 Å². The largest absolute Gasteiger partial charge is 0.294 e. The van der Waals surface area contributed by atoms with Crippen molar-refractivity contribution in [3.05, 3.63) is 80.9 Å². The Bertz CT molecular complexity index is 1480. The minimum atomic E-state index is -0.888. The molecule has 3 nitrogen and oxygen atoms in total. The van der Waals surface area contributed by atoms with Crippen molar-refractivity contribution in [3.63, 3.8) is 0 Å². The highest BCUT2D eigenvalue weighted by Crippen LogP contribution is 2.66. The molecule has 0 aromatic heterocycles. The molecule has 2 aromatic carbocycles. The maximum Gasteiger partial charge on any atom is 0.190 e. The van der Waals surface area contributed by atoms with Gasteiger partial charge in [0.2, 0.25) is 0 Å². The average Bonchev–Trinajstić information content (AvgIpc) is 2.81. The van der Waals surface area contributed by atoms with Crippen molar-refractivity contribution in [2.75, 3.05) is 0 Å². The number of Topliss-reactive ketones (excluding diaryl/α,β-unsaturated/α-hetero) is 3. The molecule has 3 aliphatic rings. The van der Waals surface area contributed by atoms with Crippen LogP contribution in [0.3, 0.4) is 0 Å². The first-order valence-electron chi connectivity index (χ1n) is 13.9. The number of allylic oxidation sites excluding steroid dienone is 4. The Balaban J connectivity index is 1.81. The average molecular weight is 509 g/mol. The molecule has 0 aliphatic heterocycles. The maximum atomic E-state index is 14.7. The normalized spacial score (nSPS) is 28.9.